The highest BCUT2D eigenvalue weighted by atomic mass is 19.1. The summed E-state index contributed by atoms with van der Waals surface area (Å²) in [4.78, 5) is 24.0. The standard InChI is InChI=1S/C17H14FN5O2/c18-12-4-1-5-13(9-12)25-17-11(3-2-6-22-17)10-23-16(24)14-15(19)21-8-7-20-14/h1-9H,10H2,(H2,19,21)(H,23,24). The van der Waals surface area contributed by atoms with E-state index in [1.165, 1.54) is 30.6 Å². The van der Waals surface area contributed by atoms with E-state index in [9.17, 15) is 9.18 Å². The fraction of sp³-hybridized carbons (Fsp3) is 0.0588. The summed E-state index contributed by atoms with van der Waals surface area (Å²) in [6.07, 6.45) is 4.33. The number of nitrogens with two attached hydrogens (primary N) is 1. The molecular formula is C17H14FN5O2. The van der Waals surface area contributed by atoms with Crippen LogP contribution in [0.25, 0.3) is 0 Å². The van der Waals surface area contributed by atoms with E-state index in [1.54, 1.807) is 24.4 Å². The highest BCUT2D eigenvalue weighted by Gasteiger charge is 2.13. The third kappa shape index (κ3) is 4.05. The number of rotatable bonds is 5. The Morgan fingerprint density at radius 3 is 2.76 bits per heavy atom. The van der Waals surface area contributed by atoms with Gasteiger partial charge in [0.2, 0.25) is 5.88 Å². The molecule has 0 bridgehead atoms. The molecule has 2 aromatic heterocycles. The van der Waals surface area contributed by atoms with Crippen molar-refractivity contribution in [3.05, 3.63) is 72.1 Å². The second-order valence-corrected chi connectivity index (χ2v) is 5.00. The summed E-state index contributed by atoms with van der Waals surface area (Å²) >= 11 is 0. The molecule has 126 valence electrons. The SMILES string of the molecule is Nc1nccnc1C(=O)NCc1cccnc1Oc1cccc(F)c1. The molecule has 1 aromatic carbocycles. The van der Waals surface area contributed by atoms with Crippen LogP contribution in [0, 0.1) is 5.82 Å². The van der Waals surface area contributed by atoms with Crippen molar-refractivity contribution < 1.29 is 13.9 Å². The second-order valence-electron chi connectivity index (χ2n) is 5.00. The number of benzene rings is 1. The van der Waals surface area contributed by atoms with Crippen LogP contribution in [-0.4, -0.2) is 20.9 Å². The Kier molecular flexibility index (Phi) is 4.79. The third-order valence-corrected chi connectivity index (χ3v) is 3.24. The number of nitrogens with one attached hydrogen (secondary N) is 1. The molecule has 0 aliphatic carbocycles. The van der Waals surface area contributed by atoms with Crippen LogP contribution in [0.15, 0.2) is 55.0 Å². The number of halogens is 1. The number of nitrogen functional groups attached to an aromatic ring is 1. The number of ether oxygens (including phenoxy) is 1. The lowest BCUT2D eigenvalue weighted by Crippen LogP contribution is -2.25. The summed E-state index contributed by atoms with van der Waals surface area (Å²) in [5.41, 5.74) is 6.28. The Morgan fingerprint density at radius 1 is 1.12 bits per heavy atom. The average Bonchev–Trinajstić information content (AvgIpc) is 2.61. The van der Waals surface area contributed by atoms with Crippen molar-refractivity contribution in [2.45, 2.75) is 6.54 Å². The van der Waals surface area contributed by atoms with Crippen molar-refractivity contribution in [1.82, 2.24) is 20.3 Å². The summed E-state index contributed by atoms with van der Waals surface area (Å²) in [7, 11) is 0. The molecular weight excluding hydrogens is 325 g/mol. The van der Waals surface area contributed by atoms with Gasteiger partial charge >= 0.3 is 0 Å². The van der Waals surface area contributed by atoms with Crippen LogP contribution >= 0.6 is 0 Å². The first-order valence-corrected chi connectivity index (χ1v) is 7.35. The van der Waals surface area contributed by atoms with E-state index in [4.69, 9.17) is 10.5 Å². The van der Waals surface area contributed by atoms with Gasteiger partial charge in [0.15, 0.2) is 11.5 Å². The predicted molar refractivity (Wildman–Crippen MR) is 88.3 cm³/mol. The zero-order chi connectivity index (χ0) is 17.6. The van der Waals surface area contributed by atoms with Gasteiger partial charge in [0.25, 0.3) is 5.91 Å². The number of anilines is 1. The minimum absolute atomic E-state index is 0.0407. The summed E-state index contributed by atoms with van der Waals surface area (Å²) in [5.74, 6) is -0.264. The van der Waals surface area contributed by atoms with E-state index in [1.807, 2.05) is 0 Å². The van der Waals surface area contributed by atoms with Crippen LogP contribution in [-0.2, 0) is 6.54 Å². The van der Waals surface area contributed by atoms with Gasteiger partial charge in [0.1, 0.15) is 11.6 Å². The lowest BCUT2D eigenvalue weighted by atomic mass is 10.2. The number of hydrogen-bond donors (Lipinski definition) is 2. The van der Waals surface area contributed by atoms with Crippen molar-refractivity contribution in [3.63, 3.8) is 0 Å². The third-order valence-electron chi connectivity index (χ3n) is 3.24. The highest BCUT2D eigenvalue weighted by Crippen LogP contribution is 2.23. The zero-order valence-electron chi connectivity index (χ0n) is 13.0. The quantitative estimate of drug-likeness (QED) is 0.739. The molecule has 0 radical (unpaired) electrons. The van der Waals surface area contributed by atoms with Crippen LogP contribution in [0.2, 0.25) is 0 Å². The van der Waals surface area contributed by atoms with Crippen molar-refractivity contribution in [3.8, 4) is 11.6 Å². The van der Waals surface area contributed by atoms with Gasteiger partial charge in [-0.15, -0.1) is 0 Å². The van der Waals surface area contributed by atoms with Crippen molar-refractivity contribution in [2.75, 3.05) is 5.73 Å². The zero-order valence-corrected chi connectivity index (χ0v) is 13.0. The molecule has 8 heteroatoms. The van der Waals surface area contributed by atoms with Gasteiger partial charge in [-0.3, -0.25) is 4.79 Å². The van der Waals surface area contributed by atoms with Crippen LogP contribution in [0.5, 0.6) is 11.6 Å². The predicted octanol–water partition coefficient (Wildman–Crippen LogP) is 2.32. The number of nitrogens with zero attached hydrogens (tertiary/aromatic N) is 3. The molecule has 7 nitrogen and oxygen atoms in total. The molecule has 0 aliphatic heterocycles. The van der Waals surface area contributed by atoms with Gasteiger partial charge < -0.3 is 15.8 Å². The number of pyridine rings is 1. The van der Waals surface area contributed by atoms with Crippen LogP contribution in [0.3, 0.4) is 0 Å². The van der Waals surface area contributed by atoms with Gasteiger partial charge in [-0.2, -0.15) is 0 Å². The first-order chi connectivity index (χ1) is 12.1. The topological polar surface area (TPSA) is 103 Å². The van der Waals surface area contributed by atoms with Gasteiger partial charge in [-0.25, -0.2) is 19.3 Å². The fourth-order valence-electron chi connectivity index (χ4n) is 2.08. The van der Waals surface area contributed by atoms with E-state index in [-0.39, 0.29) is 23.9 Å². The van der Waals surface area contributed by atoms with Crippen molar-refractivity contribution >= 4 is 11.7 Å². The fourth-order valence-corrected chi connectivity index (χ4v) is 2.08. The number of hydrogen-bond acceptors (Lipinski definition) is 6. The average molecular weight is 339 g/mol. The number of carbonyl (C=O) groups is 1. The van der Waals surface area contributed by atoms with E-state index >= 15 is 0 Å². The van der Waals surface area contributed by atoms with Crippen LogP contribution < -0.4 is 15.8 Å². The maximum absolute atomic E-state index is 13.3. The van der Waals surface area contributed by atoms with E-state index in [0.717, 1.165) is 0 Å². The van der Waals surface area contributed by atoms with Crippen LogP contribution in [0.4, 0.5) is 10.2 Å². The van der Waals surface area contributed by atoms with Crippen molar-refractivity contribution in [2.24, 2.45) is 0 Å². The Balaban J connectivity index is 1.73. The lowest BCUT2D eigenvalue weighted by Gasteiger charge is -2.11. The summed E-state index contributed by atoms with van der Waals surface area (Å²) in [6, 6.07) is 9.15. The molecule has 1 amide bonds. The largest absolute Gasteiger partial charge is 0.439 e. The first kappa shape index (κ1) is 16.3. The van der Waals surface area contributed by atoms with Gasteiger partial charge in [-0.05, 0) is 18.2 Å². The molecule has 3 aromatic rings. The van der Waals surface area contributed by atoms with E-state index in [0.29, 0.717) is 11.3 Å². The summed E-state index contributed by atoms with van der Waals surface area (Å²) in [6.45, 7) is 0.132. The number of amides is 1. The van der Waals surface area contributed by atoms with Gasteiger partial charge in [0.05, 0.1) is 0 Å². The number of carbonyl (C=O) groups excluding carboxylic acids is 1. The van der Waals surface area contributed by atoms with E-state index < -0.39 is 11.7 Å². The molecule has 0 saturated carbocycles. The Morgan fingerprint density at radius 2 is 1.96 bits per heavy atom. The smallest absolute Gasteiger partial charge is 0.273 e. The second kappa shape index (κ2) is 7.35. The summed E-state index contributed by atoms with van der Waals surface area (Å²) < 4.78 is 18.9. The highest BCUT2D eigenvalue weighted by molar-refractivity contribution is 5.96. The maximum atomic E-state index is 13.3. The molecule has 3 N–H and O–H groups in total. The molecule has 0 fully saturated rings. The Hall–Kier alpha value is -3.55. The maximum Gasteiger partial charge on any atom is 0.273 e. The molecule has 25 heavy (non-hydrogen) atoms. The van der Waals surface area contributed by atoms with Crippen LogP contribution in [0.1, 0.15) is 16.1 Å². The molecule has 0 saturated heterocycles. The minimum atomic E-state index is -0.467. The van der Waals surface area contributed by atoms with Crippen molar-refractivity contribution in [1.29, 1.82) is 0 Å². The monoisotopic (exact) mass is 339 g/mol. The minimum Gasteiger partial charge on any atom is -0.439 e. The van der Waals surface area contributed by atoms with Gasteiger partial charge in [0, 0.05) is 36.8 Å². The molecule has 0 atom stereocenters. The summed E-state index contributed by atoms with van der Waals surface area (Å²) in [5, 5.41) is 2.68. The Bertz CT molecular complexity index is 903. The molecule has 0 unspecified atom stereocenters. The Labute approximate surface area is 142 Å². The van der Waals surface area contributed by atoms with E-state index in [2.05, 4.69) is 20.3 Å². The molecule has 0 aliphatic rings. The molecule has 0 spiro atoms. The lowest BCUT2D eigenvalue weighted by molar-refractivity contribution is 0.0946. The first-order valence-electron chi connectivity index (χ1n) is 7.35. The number of aromatic nitrogens is 3. The molecule has 3 rings (SSSR count). The van der Waals surface area contributed by atoms with Gasteiger partial charge in [-0.1, -0.05) is 12.1 Å². The normalized spacial score (nSPS) is 10.3. The molecule has 2 heterocycles.